The highest BCUT2D eigenvalue weighted by molar-refractivity contribution is 5.92. The highest BCUT2D eigenvalue weighted by atomic mass is 19.3. The van der Waals surface area contributed by atoms with Crippen molar-refractivity contribution < 1.29 is 18.3 Å². The molecule has 0 atom stereocenters. The predicted molar refractivity (Wildman–Crippen MR) is 105 cm³/mol. The first-order valence-electron chi connectivity index (χ1n) is 9.33. The number of hydrogen-bond donors (Lipinski definition) is 1. The van der Waals surface area contributed by atoms with Crippen LogP contribution in [0.1, 0.15) is 11.1 Å². The second kappa shape index (κ2) is 9.61. The summed E-state index contributed by atoms with van der Waals surface area (Å²) in [7, 11) is 0. The molecule has 0 radical (unpaired) electrons. The number of carbonyl (C=O) groups is 1. The first-order valence-corrected chi connectivity index (χ1v) is 9.33. The molecule has 28 heavy (non-hydrogen) atoms. The maximum absolute atomic E-state index is 12.2. The van der Waals surface area contributed by atoms with Crippen LogP contribution in [0.3, 0.4) is 0 Å². The minimum absolute atomic E-state index is 0.0674. The van der Waals surface area contributed by atoms with Crippen molar-refractivity contribution in [3.05, 3.63) is 59.7 Å². The highest BCUT2D eigenvalue weighted by Gasteiger charge is 2.19. The van der Waals surface area contributed by atoms with Gasteiger partial charge < -0.3 is 10.1 Å². The summed E-state index contributed by atoms with van der Waals surface area (Å²) in [4.78, 5) is 16.8. The van der Waals surface area contributed by atoms with Crippen LogP contribution < -0.4 is 10.1 Å². The summed E-state index contributed by atoms with van der Waals surface area (Å²) in [5.41, 5.74) is 3.20. The van der Waals surface area contributed by atoms with E-state index in [4.69, 9.17) is 0 Å². The Hall–Kier alpha value is -2.51. The molecule has 1 amide bonds. The first kappa shape index (κ1) is 20.2. The lowest BCUT2D eigenvalue weighted by molar-refractivity contribution is -0.117. The molecule has 0 unspecified atom stereocenters. The molecule has 1 fully saturated rings. The van der Waals surface area contributed by atoms with E-state index in [2.05, 4.69) is 51.0 Å². The molecule has 1 heterocycles. The van der Waals surface area contributed by atoms with Crippen molar-refractivity contribution in [3.63, 3.8) is 0 Å². The van der Waals surface area contributed by atoms with E-state index in [9.17, 15) is 13.6 Å². The van der Waals surface area contributed by atoms with E-state index in [0.717, 1.165) is 32.7 Å². The van der Waals surface area contributed by atoms with Gasteiger partial charge in [0.05, 0.1) is 6.54 Å². The van der Waals surface area contributed by atoms with Gasteiger partial charge in [-0.3, -0.25) is 14.6 Å². The van der Waals surface area contributed by atoms with Crippen LogP contribution in [-0.2, 0) is 11.3 Å². The highest BCUT2D eigenvalue weighted by Crippen LogP contribution is 2.18. The summed E-state index contributed by atoms with van der Waals surface area (Å²) in [6.07, 6.45) is 0. The zero-order valence-electron chi connectivity index (χ0n) is 15.9. The SMILES string of the molecule is Cc1ccccc1CN1CCN(CC(=O)Nc2ccc(OC(F)F)cc2)CC1. The molecule has 0 aromatic heterocycles. The zero-order valence-corrected chi connectivity index (χ0v) is 15.9. The van der Waals surface area contributed by atoms with Crippen LogP contribution in [0.25, 0.3) is 0 Å². The summed E-state index contributed by atoms with van der Waals surface area (Å²) < 4.78 is 28.6. The normalized spacial score (nSPS) is 15.6. The number of nitrogens with zero attached hydrogens (tertiary/aromatic N) is 2. The van der Waals surface area contributed by atoms with Gasteiger partial charge in [-0.2, -0.15) is 8.78 Å². The summed E-state index contributed by atoms with van der Waals surface area (Å²) in [6, 6.07) is 14.3. The summed E-state index contributed by atoms with van der Waals surface area (Å²) in [6.45, 7) is 4.02. The van der Waals surface area contributed by atoms with Gasteiger partial charge in [0, 0.05) is 38.4 Å². The number of aryl methyl sites for hydroxylation is 1. The molecule has 5 nitrogen and oxygen atoms in total. The van der Waals surface area contributed by atoms with Crippen LogP contribution in [0.15, 0.2) is 48.5 Å². The van der Waals surface area contributed by atoms with Crippen molar-refractivity contribution in [3.8, 4) is 5.75 Å². The van der Waals surface area contributed by atoms with E-state index in [1.165, 1.54) is 23.3 Å². The van der Waals surface area contributed by atoms with Gasteiger partial charge in [0.2, 0.25) is 5.91 Å². The van der Waals surface area contributed by atoms with Crippen LogP contribution in [0.5, 0.6) is 5.75 Å². The fraction of sp³-hybridized carbons (Fsp3) is 0.381. The minimum atomic E-state index is -2.86. The van der Waals surface area contributed by atoms with E-state index in [1.807, 2.05) is 0 Å². The molecule has 7 heteroatoms. The van der Waals surface area contributed by atoms with Crippen LogP contribution >= 0.6 is 0 Å². The molecule has 1 aliphatic rings. The van der Waals surface area contributed by atoms with E-state index >= 15 is 0 Å². The van der Waals surface area contributed by atoms with Crippen molar-refractivity contribution >= 4 is 11.6 Å². The number of benzene rings is 2. The standard InChI is InChI=1S/C21H25F2N3O2/c1-16-4-2-3-5-17(16)14-25-10-12-26(13-11-25)15-20(27)24-18-6-8-19(9-7-18)28-21(22)23/h2-9,21H,10-15H2,1H3,(H,24,27). The van der Waals surface area contributed by atoms with Crippen molar-refractivity contribution in [1.29, 1.82) is 0 Å². The smallest absolute Gasteiger partial charge is 0.387 e. The molecular formula is C21H25F2N3O2. The second-order valence-electron chi connectivity index (χ2n) is 6.93. The molecule has 1 aliphatic heterocycles. The number of hydrogen-bond acceptors (Lipinski definition) is 4. The summed E-state index contributed by atoms with van der Waals surface area (Å²) in [5, 5.41) is 2.79. The topological polar surface area (TPSA) is 44.8 Å². The largest absolute Gasteiger partial charge is 0.435 e. The zero-order chi connectivity index (χ0) is 19.9. The van der Waals surface area contributed by atoms with E-state index < -0.39 is 6.61 Å². The van der Waals surface area contributed by atoms with E-state index in [0.29, 0.717) is 12.2 Å². The molecular weight excluding hydrogens is 364 g/mol. The molecule has 0 saturated carbocycles. The van der Waals surface area contributed by atoms with Gasteiger partial charge in [-0.05, 0) is 42.3 Å². The Kier molecular flexibility index (Phi) is 6.95. The van der Waals surface area contributed by atoms with Crippen molar-refractivity contribution in [2.24, 2.45) is 0 Å². The van der Waals surface area contributed by atoms with Crippen molar-refractivity contribution in [2.45, 2.75) is 20.1 Å². The Morgan fingerprint density at radius 2 is 1.68 bits per heavy atom. The third-order valence-electron chi connectivity index (χ3n) is 4.85. The molecule has 1 saturated heterocycles. The summed E-state index contributed by atoms with van der Waals surface area (Å²) in [5.74, 6) is -0.0485. The lowest BCUT2D eigenvalue weighted by Crippen LogP contribution is -2.48. The molecule has 1 N–H and O–H groups in total. The Morgan fingerprint density at radius 3 is 2.32 bits per heavy atom. The average molecular weight is 389 g/mol. The molecule has 3 rings (SSSR count). The van der Waals surface area contributed by atoms with Crippen molar-refractivity contribution in [2.75, 3.05) is 38.0 Å². The lowest BCUT2D eigenvalue weighted by atomic mass is 10.1. The third kappa shape index (κ3) is 6.00. The molecule has 150 valence electrons. The number of ether oxygens (including phenoxy) is 1. The Bertz CT molecular complexity index is 775. The predicted octanol–water partition coefficient (Wildman–Crippen LogP) is 3.35. The summed E-state index contributed by atoms with van der Waals surface area (Å²) >= 11 is 0. The Balaban J connectivity index is 1.41. The van der Waals surface area contributed by atoms with Gasteiger partial charge in [0.1, 0.15) is 5.75 Å². The number of piperazine rings is 1. The Labute approximate surface area is 163 Å². The second-order valence-corrected chi connectivity index (χ2v) is 6.93. The molecule has 0 aliphatic carbocycles. The van der Waals surface area contributed by atoms with Crippen molar-refractivity contribution in [1.82, 2.24) is 9.80 Å². The van der Waals surface area contributed by atoms with Crippen LogP contribution in [0, 0.1) is 6.92 Å². The maximum atomic E-state index is 12.2. The maximum Gasteiger partial charge on any atom is 0.387 e. The fourth-order valence-corrected chi connectivity index (χ4v) is 3.26. The van der Waals surface area contributed by atoms with Gasteiger partial charge in [-0.25, -0.2) is 0 Å². The number of rotatable bonds is 7. The van der Waals surface area contributed by atoms with E-state index in [-0.39, 0.29) is 11.7 Å². The van der Waals surface area contributed by atoms with Crippen LogP contribution in [0.4, 0.5) is 14.5 Å². The molecule has 2 aromatic rings. The Morgan fingerprint density at radius 1 is 1.04 bits per heavy atom. The first-order chi connectivity index (χ1) is 13.5. The van der Waals surface area contributed by atoms with Crippen LogP contribution in [-0.4, -0.2) is 55.0 Å². The molecule has 0 spiro atoms. The quantitative estimate of drug-likeness (QED) is 0.789. The molecule has 2 aromatic carbocycles. The molecule has 0 bridgehead atoms. The average Bonchev–Trinajstić information content (AvgIpc) is 2.66. The van der Waals surface area contributed by atoms with Crippen LogP contribution in [0.2, 0.25) is 0 Å². The van der Waals surface area contributed by atoms with Gasteiger partial charge in [-0.15, -0.1) is 0 Å². The van der Waals surface area contributed by atoms with Gasteiger partial charge >= 0.3 is 6.61 Å². The number of alkyl halides is 2. The number of amides is 1. The number of anilines is 1. The monoisotopic (exact) mass is 389 g/mol. The van der Waals surface area contributed by atoms with Gasteiger partial charge in [0.25, 0.3) is 0 Å². The number of nitrogens with one attached hydrogen (secondary N) is 1. The van der Waals surface area contributed by atoms with Gasteiger partial charge in [-0.1, -0.05) is 24.3 Å². The number of halogens is 2. The van der Waals surface area contributed by atoms with E-state index in [1.54, 1.807) is 12.1 Å². The van der Waals surface area contributed by atoms with Gasteiger partial charge in [0.15, 0.2) is 0 Å². The minimum Gasteiger partial charge on any atom is -0.435 e. The third-order valence-corrected chi connectivity index (χ3v) is 4.85. The lowest BCUT2D eigenvalue weighted by Gasteiger charge is -2.34. The number of carbonyl (C=O) groups excluding carboxylic acids is 1. The fourth-order valence-electron chi connectivity index (χ4n) is 3.26.